The number of benzene rings is 2. The van der Waals surface area contributed by atoms with Crippen LogP contribution in [0, 0.1) is 17.3 Å². The van der Waals surface area contributed by atoms with Gasteiger partial charge in [0.2, 0.25) is 0 Å². The van der Waals surface area contributed by atoms with Crippen molar-refractivity contribution in [3.8, 4) is 16.9 Å². The molecule has 2 saturated carbocycles. The van der Waals surface area contributed by atoms with Crippen LogP contribution in [0.5, 0.6) is 5.75 Å². The molecule has 184 valence electrons. The summed E-state index contributed by atoms with van der Waals surface area (Å²) in [6.07, 6.45) is 8.59. The van der Waals surface area contributed by atoms with Gasteiger partial charge in [-0.15, -0.1) is 0 Å². The van der Waals surface area contributed by atoms with Gasteiger partial charge in [-0.25, -0.2) is 0 Å². The number of nitrogens with one attached hydrogen (secondary N) is 1. The van der Waals surface area contributed by atoms with Crippen LogP contribution < -0.4 is 10.1 Å². The maximum absolute atomic E-state index is 11.1. The summed E-state index contributed by atoms with van der Waals surface area (Å²) in [5.41, 5.74) is 4.07. The Bertz CT molecular complexity index is 930. The van der Waals surface area contributed by atoms with Crippen LogP contribution in [0.15, 0.2) is 48.5 Å². The van der Waals surface area contributed by atoms with Crippen LogP contribution in [-0.2, 0) is 11.3 Å². The minimum absolute atomic E-state index is 0.160. The molecule has 0 bridgehead atoms. The van der Waals surface area contributed by atoms with E-state index in [1.54, 1.807) is 0 Å². The van der Waals surface area contributed by atoms with Gasteiger partial charge in [0.25, 0.3) is 0 Å². The third-order valence-electron chi connectivity index (χ3n) is 7.99. The molecule has 2 N–H and O–H groups in total. The second-order valence-corrected chi connectivity index (χ2v) is 11.4. The van der Waals surface area contributed by atoms with Crippen LogP contribution in [-0.4, -0.2) is 23.2 Å². The summed E-state index contributed by atoms with van der Waals surface area (Å²) >= 11 is 0. The lowest BCUT2D eigenvalue weighted by Crippen LogP contribution is -2.34. The van der Waals surface area contributed by atoms with Crippen molar-refractivity contribution in [2.24, 2.45) is 17.3 Å². The molecular formula is C30H41NO3. The first-order valence-corrected chi connectivity index (χ1v) is 13.1. The molecule has 0 unspecified atom stereocenters. The molecule has 2 aromatic rings. The summed E-state index contributed by atoms with van der Waals surface area (Å²) in [4.78, 5) is 11.1. The van der Waals surface area contributed by atoms with Gasteiger partial charge in [0.05, 0.1) is 12.0 Å². The highest BCUT2D eigenvalue weighted by molar-refractivity contribution is 5.70. The summed E-state index contributed by atoms with van der Waals surface area (Å²) < 4.78 is 6.31. The lowest BCUT2D eigenvalue weighted by molar-refractivity contribution is -0.142. The molecule has 0 radical (unpaired) electrons. The molecule has 4 heteroatoms. The standard InChI is InChI=1S/C30H41NO3/c1-30(2,3)25-11-17-28(18-12-25)34-27-15-9-22(10-16-27)24-6-4-5-21(19-24)20-31-26-13-7-23(8-14-26)29(32)33/h4-6,9-10,15-16,19,23,25-26,28,31H,7-8,11-14,17-18,20H2,1-3H3,(H,32,33)/t23-,25-,26+,28-. The predicted octanol–water partition coefficient (Wildman–Crippen LogP) is 7.07. The number of ether oxygens (including phenoxy) is 1. The van der Waals surface area contributed by atoms with E-state index < -0.39 is 5.97 Å². The Hall–Kier alpha value is -2.33. The third-order valence-corrected chi connectivity index (χ3v) is 7.99. The molecule has 2 aliphatic rings. The highest BCUT2D eigenvalue weighted by Gasteiger charge is 2.30. The van der Waals surface area contributed by atoms with Crippen molar-refractivity contribution in [2.45, 2.75) is 90.8 Å². The van der Waals surface area contributed by atoms with Gasteiger partial charge in [0, 0.05) is 12.6 Å². The fourth-order valence-corrected chi connectivity index (χ4v) is 5.63. The third kappa shape index (κ3) is 6.63. The number of aliphatic carboxylic acids is 1. The van der Waals surface area contributed by atoms with Gasteiger partial charge in [0.1, 0.15) is 5.75 Å². The molecule has 0 atom stereocenters. The summed E-state index contributed by atoms with van der Waals surface area (Å²) in [5.74, 6) is 0.969. The Labute approximate surface area is 205 Å². The number of carboxylic acids is 1. The van der Waals surface area contributed by atoms with Gasteiger partial charge in [-0.3, -0.25) is 4.79 Å². The Morgan fingerprint density at radius 1 is 0.912 bits per heavy atom. The molecule has 2 aromatic carbocycles. The van der Waals surface area contributed by atoms with E-state index >= 15 is 0 Å². The first-order chi connectivity index (χ1) is 16.3. The molecule has 0 heterocycles. The average Bonchev–Trinajstić information content (AvgIpc) is 2.83. The van der Waals surface area contributed by atoms with Crippen molar-refractivity contribution >= 4 is 5.97 Å². The van der Waals surface area contributed by atoms with E-state index in [9.17, 15) is 9.90 Å². The number of rotatable bonds is 7. The van der Waals surface area contributed by atoms with E-state index in [1.165, 1.54) is 29.5 Å². The zero-order valence-corrected chi connectivity index (χ0v) is 21.1. The molecule has 0 saturated heterocycles. The second kappa shape index (κ2) is 10.9. The Kier molecular flexibility index (Phi) is 7.98. The highest BCUT2D eigenvalue weighted by atomic mass is 16.5. The molecule has 0 amide bonds. The quantitative estimate of drug-likeness (QED) is 0.461. The van der Waals surface area contributed by atoms with Crippen molar-refractivity contribution < 1.29 is 14.6 Å². The molecule has 0 aromatic heterocycles. The lowest BCUT2D eigenvalue weighted by atomic mass is 9.72. The smallest absolute Gasteiger partial charge is 0.306 e. The normalized spacial score (nSPS) is 25.6. The van der Waals surface area contributed by atoms with Crippen molar-refractivity contribution in [3.63, 3.8) is 0 Å². The first-order valence-electron chi connectivity index (χ1n) is 13.1. The topological polar surface area (TPSA) is 58.6 Å². The van der Waals surface area contributed by atoms with E-state index in [4.69, 9.17) is 4.74 Å². The molecule has 4 nitrogen and oxygen atoms in total. The van der Waals surface area contributed by atoms with Crippen LogP contribution in [0.2, 0.25) is 0 Å². The highest BCUT2D eigenvalue weighted by Crippen LogP contribution is 2.39. The fourth-order valence-electron chi connectivity index (χ4n) is 5.63. The van der Waals surface area contributed by atoms with Gasteiger partial charge in [-0.05, 0) is 97.6 Å². The molecule has 4 rings (SSSR count). The van der Waals surface area contributed by atoms with Crippen molar-refractivity contribution in [3.05, 3.63) is 54.1 Å². The fraction of sp³-hybridized carbons (Fsp3) is 0.567. The van der Waals surface area contributed by atoms with Crippen LogP contribution in [0.4, 0.5) is 0 Å². The second-order valence-electron chi connectivity index (χ2n) is 11.4. The van der Waals surface area contributed by atoms with Gasteiger partial charge in [-0.2, -0.15) is 0 Å². The van der Waals surface area contributed by atoms with Crippen LogP contribution >= 0.6 is 0 Å². The van der Waals surface area contributed by atoms with Gasteiger partial charge < -0.3 is 15.2 Å². The maximum Gasteiger partial charge on any atom is 0.306 e. The molecule has 0 aliphatic heterocycles. The average molecular weight is 464 g/mol. The maximum atomic E-state index is 11.1. The molecular weight excluding hydrogens is 422 g/mol. The minimum Gasteiger partial charge on any atom is -0.490 e. The van der Waals surface area contributed by atoms with Gasteiger partial charge >= 0.3 is 5.97 Å². The zero-order chi connectivity index (χ0) is 24.1. The minimum atomic E-state index is -0.643. The summed E-state index contributed by atoms with van der Waals surface area (Å²) in [7, 11) is 0. The van der Waals surface area contributed by atoms with Crippen molar-refractivity contribution in [1.29, 1.82) is 0 Å². The number of hydrogen-bond donors (Lipinski definition) is 2. The first kappa shape index (κ1) is 24.8. The van der Waals surface area contributed by atoms with E-state index in [2.05, 4.69) is 74.6 Å². The summed E-state index contributed by atoms with van der Waals surface area (Å²) in [6, 6.07) is 17.6. The van der Waals surface area contributed by atoms with Gasteiger partial charge in [-0.1, -0.05) is 51.1 Å². The molecule has 2 aliphatic carbocycles. The number of carbonyl (C=O) groups is 1. The van der Waals surface area contributed by atoms with Crippen LogP contribution in [0.1, 0.15) is 77.7 Å². The van der Waals surface area contributed by atoms with Crippen LogP contribution in [0.25, 0.3) is 11.1 Å². The molecule has 0 spiro atoms. The van der Waals surface area contributed by atoms with E-state index in [0.29, 0.717) is 17.6 Å². The van der Waals surface area contributed by atoms with Crippen molar-refractivity contribution in [1.82, 2.24) is 5.32 Å². The summed E-state index contributed by atoms with van der Waals surface area (Å²) in [6.45, 7) is 7.88. The number of hydrogen-bond acceptors (Lipinski definition) is 3. The Morgan fingerprint density at radius 2 is 1.59 bits per heavy atom. The van der Waals surface area contributed by atoms with Crippen molar-refractivity contribution in [2.75, 3.05) is 0 Å². The Balaban J connectivity index is 1.28. The molecule has 34 heavy (non-hydrogen) atoms. The van der Waals surface area contributed by atoms with E-state index in [-0.39, 0.29) is 5.92 Å². The Morgan fingerprint density at radius 3 is 2.21 bits per heavy atom. The predicted molar refractivity (Wildman–Crippen MR) is 138 cm³/mol. The zero-order valence-electron chi connectivity index (χ0n) is 21.1. The summed E-state index contributed by atoms with van der Waals surface area (Å²) in [5, 5.41) is 12.8. The van der Waals surface area contributed by atoms with E-state index in [0.717, 1.165) is 56.7 Å². The largest absolute Gasteiger partial charge is 0.490 e. The van der Waals surface area contributed by atoms with E-state index in [1.807, 2.05) is 0 Å². The lowest BCUT2D eigenvalue weighted by Gasteiger charge is -2.36. The molecule has 2 fully saturated rings. The van der Waals surface area contributed by atoms with Gasteiger partial charge in [0.15, 0.2) is 0 Å². The SMILES string of the molecule is CC(C)(C)[C@H]1CC[C@H](Oc2ccc(-c3cccc(CN[C@H]4CC[C@@H](C(=O)O)CC4)c3)cc2)CC1. The monoisotopic (exact) mass is 463 g/mol. The van der Waals surface area contributed by atoms with Crippen LogP contribution in [0.3, 0.4) is 0 Å². The number of carboxylic acid groups (broad SMARTS) is 1.